The number of fused-ring (bicyclic) bond motifs is 4. The van der Waals surface area contributed by atoms with E-state index in [1.54, 1.807) is 6.07 Å². The van der Waals surface area contributed by atoms with Crippen molar-refractivity contribution in [3.8, 4) is 22.9 Å². The van der Waals surface area contributed by atoms with Crippen LogP contribution in [0.3, 0.4) is 0 Å². The summed E-state index contributed by atoms with van der Waals surface area (Å²) >= 11 is 6.59. The largest absolute Gasteiger partial charge is 0.507 e. The summed E-state index contributed by atoms with van der Waals surface area (Å²) in [5.41, 5.74) is -0.509. The number of halogens is 3. The number of hydrogen-bond donors (Lipinski definition) is 2. The Bertz CT molecular complexity index is 1380. The number of nitrogens with one attached hydrogen (secondary N) is 1. The number of aromatic nitrogens is 2. The van der Waals surface area contributed by atoms with E-state index in [0.29, 0.717) is 17.8 Å². The Morgan fingerprint density at radius 3 is 2.53 bits per heavy atom. The van der Waals surface area contributed by atoms with Gasteiger partial charge in [-0.05, 0) is 69.8 Å². The Kier molecular flexibility index (Phi) is 5.87. The molecule has 2 unspecified atom stereocenters. The van der Waals surface area contributed by atoms with Crippen LogP contribution in [-0.4, -0.2) is 70.4 Å². The number of phenols is 1. The average molecular weight is 542 g/mol. The lowest BCUT2D eigenvalue weighted by Crippen LogP contribution is -2.52. The third kappa shape index (κ3) is 3.73. The molecule has 2 aromatic carbocycles. The molecular weight excluding hydrogens is 512 g/mol. The summed E-state index contributed by atoms with van der Waals surface area (Å²) < 4.78 is 37.4. The molecule has 7 rings (SSSR count). The number of anilines is 1. The Morgan fingerprint density at radius 2 is 1.82 bits per heavy atom. The van der Waals surface area contributed by atoms with Gasteiger partial charge >= 0.3 is 6.01 Å². The minimum Gasteiger partial charge on any atom is -0.507 e. The van der Waals surface area contributed by atoms with Crippen molar-refractivity contribution in [1.82, 2.24) is 20.2 Å². The van der Waals surface area contributed by atoms with Gasteiger partial charge in [0.05, 0.1) is 16.1 Å². The molecule has 5 heterocycles. The minimum atomic E-state index is -0.801. The molecule has 2 N–H and O–H groups in total. The SMILES string of the molecule is Oc1cccc(F)c1-c1c(Cl)cc2c(N3C4CCC3CNC4)nc(OCC34CCCN3CCC4)nc2c1F. The molecule has 2 atom stereocenters. The van der Waals surface area contributed by atoms with Crippen LogP contribution in [0.25, 0.3) is 22.0 Å². The molecule has 2 bridgehead atoms. The van der Waals surface area contributed by atoms with Gasteiger partial charge in [-0.25, -0.2) is 8.78 Å². The number of aromatic hydroxyl groups is 1. The van der Waals surface area contributed by atoms with Crippen molar-refractivity contribution in [2.24, 2.45) is 0 Å². The zero-order valence-corrected chi connectivity index (χ0v) is 21.8. The van der Waals surface area contributed by atoms with Gasteiger partial charge in [-0.3, -0.25) is 4.90 Å². The van der Waals surface area contributed by atoms with E-state index < -0.39 is 17.4 Å². The molecule has 0 saturated carbocycles. The molecule has 4 aliphatic heterocycles. The van der Waals surface area contributed by atoms with Crippen molar-refractivity contribution < 1.29 is 18.6 Å². The van der Waals surface area contributed by atoms with Gasteiger partial charge in [-0.1, -0.05) is 17.7 Å². The molecular formula is C28H30ClF2N5O2. The second kappa shape index (κ2) is 9.17. The van der Waals surface area contributed by atoms with Crippen LogP contribution in [0.2, 0.25) is 5.02 Å². The highest BCUT2D eigenvalue weighted by Gasteiger charge is 2.45. The second-order valence-electron chi connectivity index (χ2n) is 11.1. The van der Waals surface area contributed by atoms with Crippen LogP contribution in [0.1, 0.15) is 38.5 Å². The van der Waals surface area contributed by atoms with Crippen molar-refractivity contribution in [3.63, 3.8) is 0 Å². The van der Waals surface area contributed by atoms with Crippen molar-refractivity contribution in [3.05, 3.63) is 40.9 Å². The van der Waals surface area contributed by atoms with Crippen molar-refractivity contribution in [2.75, 3.05) is 37.7 Å². The van der Waals surface area contributed by atoms with Gasteiger partial charge in [0, 0.05) is 36.1 Å². The maximum atomic E-state index is 16.3. The first kappa shape index (κ1) is 24.3. The number of benzene rings is 2. The van der Waals surface area contributed by atoms with Crippen molar-refractivity contribution >= 4 is 28.3 Å². The van der Waals surface area contributed by atoms with Crippen LogP contribution in [0.4, 0.5) is 14.6 Å². The van der Waals surface area contributed by atoms with E-state index in [9.17, 15) is 9.50 Å². The highest BCUT2D eigenvalue weighted by molar-refractivity contribution is 6.34. The van der Waals surface area contributed by atoms with Gasteiger partial charge in [-0.2, -0.15) is 9.97 Å². The topological polar surface area (TPSA) is 73.8 Å². The number of hydrogen-bond acceptors (Lipinski definition) is 7. The molecule has 0 aliphatic carbocycles. The quantitative estimate of drug-likeness (QED) is 0.477. The van der Waals surface area contributed by atoms with Crippen molar-refractivity contribution in [1.29, 1.82) is 0 Å². The third-order valence-electron chi connectivity index (χ3n) is 8.99. The fraction of sp³-hybridized carbons (Fsp3) is 0.500. The molecule has 10 heteroatoms. The standard InChI is InChI=1S/C28H30ClF2N5O2/c29-19-12-18-25(24(31)22(19)23-20(30)4-1-5-21(23)37)33-27(38-15-28-8-2-10-35(28)11-3-9-28)34-26(18)36-16-6-7-17(36)14-32-13-16/h1,4-5,12,16-17,32,37H,2-3,6-11,13-15H2. The lowest BCUT2D eigenvalue weighted by molar-refractivity contribution is 0.108. The molecule has 0 spiro atoms. The molecule has 3 aromatic rings. The lowest BCUT2D eigenvalue weighted by Gasteiger charge is -2.37. The van der Waals surface area contributed by atoms with Crippen molar-refractivity contribution in [2.45, 2.75) is 56.1 Å². The fourth-order valence-electron chi connectivity index (χ4n) is 7.19. The van der Waals surface area contributed by atoms with Gasteiger partial charge in [0.25, 0.3) is 0 Å². The van der Waals surface area contributed by atoms with Crippen LogP contribution in [0.15, 0.2) is 24.3 Å². The van der Waals surface area contributed by atoms with Gasteiger partial charge in [-0.15, -0.1) is 0 Å². The highest BCUT2D eigenvalue weighted by atomic mass is 35.5. The fourth-order valence-corrected chi connectivity index (χ4v) is 7.48. The molecule has 0 amide bonds. The highest BCUT2D eigenvalue weighted by Crippen LogP contribution is 2.45. The summed E-state index contributed by atoms with van der Waals surface area (Å²) in [5, 5.41) is 14.3. The van der Waals surface area contributed by atoms with Gasteiger partial charge < -0.3 is 20.1 Å². The van der Waals surface area contributed by atoms with Crippen LogP contribution < -0.4 is 15.0 Å². The van der Waals surface area contributed by atoms with Crippen LogP contribution in [0, 0.1) is 11.6 Å². The average Bonchev–Trinajstić information content (AvgIpc) is 3.55. The smallest absolute Gasteiger partial charge is 0.319 e. The first-order valence-corrected chi connectivity index (χ1v) is 13.9. The lowest BCUT2D eigenvalue weighted by atomic mass is 9.95. The van der Waals surface area contributed by atoms with E-state index in [-0.39, 0.29) is 45.3 Å². The molecule has 0 radical (unpaired) electrons. The van der Waals surface area contributed by atoms with Crippen LogP contribution in [-0.2, 0) is 0 Å². The Balaban J connectivity index is 1.38. The summed E-state index contributed by atoms with van der Waals surface area (Å²) in [6.45, 7) is 4.21. The number of rotatable bonds is 5. The monoisotopic (exact) mass is 541 g/mol. The third-order valence-corrected chi connectivity index (χ3v) is 9.29. The zero-order valence-electron chi connectivity index (χ0n) is 21.0. The second-order valence-corrected chi connectivity index (χ2v) is 11.5. The van der Waals surface area contributed by atoms with E-state index in [1.165, 1.54) is 18.2 Å². The number of piperazine rings is 1. The van der Waals surface area contributed by atoms with E-state index in [2.05, 4.69) is 20.1 Å². The van der Waals surface area contributed by atoms with E-state index in [0.717, 1.165) is 64.7 Å². The Labute approximate surface area is 224 Å². The maximum Gasteiger partial charge on any atom is 0.319 e. The summed E-state index contributed by atoms with van der Waals surface area (Å²) in [7, 11) is 0. The Morgan fingerprint density at radius 1 is 1.08 bits per heavy atom. The van der Waals surface area contributed by atoms with Gasteiger partial charge in [0.1, 0.15) is 29.5 Å². The molecule has 200 valence electrons. The van der Waals surface area contributed by atoms with Crippen LogP contribution >= 0.6 is 11.6 Å². The van der Waals surface area contributed by atoms with Gasteiger partial charge in [0.2, 0.25) is 0 Å². The molecule has 7 nitrogen and oxygen atoms in total. The summed E-state index contributed by atoms with van der Waals surface area (Å²) in [6, 6.07) is 5.99. The summed E-state index contributed by atoms with van der Waals surface area (Å²) in [6.07, 6.45) is 6.43. The normalized spacial score (nSPS) is 24.3. The zero-order chi connectivity index (χ0) is 26.0. The van der Waals surface area contributed by atoms with Gasteiger partial charge in [0.15, 0.2) is 5.82 Å². The number of nitrogens with zero attached hydrogens (tertiary/aromatic N) is 4. The molecule has 1 aromatic heterocycles. The molecule has 4 fully saturated rings. The molecule has 38 heavy (non-hydrogen) atoms. The first-order chi connectivity index (χ1) is 18.4. The molecule has 4 aliphatic rings. The number of ether oxygens (including phenoxy) is 1. The predicted octanol–water partition coefficient (Wildman–Crippen LogP) is 4.88. The van der Waals surface area contributed by atoms with E-state index >= 15 is 4.39 Å². The maximum absolute atomic E-state index is 16.3. The summed E-state index contributed by atoms with van der Waals surface area (Å²) in [5.74, 6) is -1.36. The predicted molar refractivity (Wildman–Crippen MR) is 142 cm³/mol. The summed E-state index contributed by atoms with van der Waals surface area (Å²) in [4.78, 5) is 14.1. The van der Waals surface area contributed by atoms with Crippen LogP contribution in [0.5, 0.6) is 11.8 Å². The first-order valence-electron chi connectivity index (χ1n) is 13.5. The molecule has 4 saturated heterocycles. The minimum absolute atomic E-state index is 0.0113. The van der Waals surface area contributed by atoms with E-state index in [1.807, 2.05) is 0 Å². The number of phenolic OH excluding ortho intramolecular Hbond substituents is 1. The van der Waals surface area contributed by atoms with E-state index in [4.69, 9.17) is 21.3 Å². The Hall–Kier alpha value is -2.75.